The SMILES string of the molecule is NC(/C=C\Nc1cccc(C(F)(F)F)c1)=NC(=O)Cc1ccccc1F. The summed E-state index contributed by atoms with van der Waals surface area (Å²) in [6.07, 6.45) is -2.21. The van der Waals surface area contributed by atoms with Gasteiger partial charge < -0.3 is 11.1 Å². The second-order valence-corrected chi connectivity index (χ2v) is 5.25. The Hall–Kier alpha value is -3.16. The van der Waals surface area contributed by atoms with E-state index in [2.05, 4.69) is 10.3 Å². The molecule has 0 saturated carbocycles. The number of benzene rings is 2. The molecule has 0 atom stereocenters. The summed E-state index contributed by atoms with van der Waals surface area (Å²) in [6.45, 7) is 0. The maximum Gasteiger partial charge on any atom is 0.416 e. The van der Waals surface area contributed by atoms with Gasteiger partial charge in [0.25, 0.3) is 5.91 Å². The Morgan fingerprint density at radius 3 is 2.58 bits per heavy atom. The van der Waals surface area contributed by atoms with Crippen LogP contribution in [-0.2, 0) is 17.4 Å². The number of rotatable bonds is 5. The Bertz CT molecular complexity index is 844. The Morgan fingerprint density at radius 1 is 1.15 bits per heavy atom. The first-order valence-electron chi connectivity index (χ1n) is 7.46. The van der Waals surface area contributed by atoms with Gasteiger partial charge in [-0.3, -0.25) is 4.79 Å². The smallest absolute Gasteiger partial charge is 0.384 e. The minimum Gasteiger partial charge on any atom is -0.384 e. The van der Waals surface area contributed by atoms with Gasteiger partial charge in [-0.1, -0.05) is 24.3 Å². The molecule has 2 aromatic rings. The Kier molecular flexibility index (Phi) is 6.11. The fourth-order valence-corrected chi connectivity index (χ4v) is 2.03. The van der Waals surface area contributed by atoms with Gasteiger partial charge in [0.1, 0.15) is 11.7 Å². The molecule has 0 radical (unpaired) electrons. The number of alkyl halides is 3. The molecule has 0 unspecified atom stereocenters. The van der Waals surface area contributed by atoms with Crippen LogP contribution in [0.15, 0.2) is 65.8 Å². The van der Waals surface area contributed by atoms with Gasteiger partial charge in [-0.05, 0) is 35.9 Å². The lowest BCUT2D eigenvalue weighted by atomic mass is 10.1. The summed E-state index contributed by atoms with van der Waals surface area (Å²) in [5, 5.41) is 2.61. The van der Waals surface area contributed by atoms with Crippen LogP contribution >= 0.6 is 0 Å². The topological polar surface area (TPSA) is 67.5 Å². The molecule has 8 heteroatoms. The van der Waals surface area contributed by atoms with Crippen molar-refractivity contribution in [1.82, 2.24) is 0 Å². The molecule has 0 saturated heterocycles. The van der Waals surface area contributed by atoms with Crippen LogP contribution in [0.25, 0.3) is 0 Å². The van der Waals surface area contributed by atoms with Gasteiger partial charge in [-0.2, -0.15) is 18.2 Å². The predicted molar refractivity (Wildman–Crippen MR) is 90.9 cm³/mol. The number of nitrogens with two attached hydrogens (primary N) is 1. The molecular formula is C18H15F4N3O. The minimum atomic E-state index is -4.44. The van der Waals surface area contributed by atoms with E-state index >= 15 is 0 Å². The van der Waals surface area contributed by atoms with Crippen molar-refractivity contribution in [2.75, 3.05) is 5.32 Å². The van der Waals surface area contributed by atoms with E-state index in [0.29, 0.717) is 0 Å². The van der Waals surface area contributed by atoms with Gasteiger partial charge >= 0.3 is 6.18 Å². The molecular weight excluding hydrogens is 350 g/mol. The Balaban J connectivity index is 1.96. The standard InChI is InChI=1S/C18H15F4N3O/c19-15-7-2-1-4-12(15)10-17(26)25-16(23)8-9-24-14-6-3-5-13(11-14)18(20,21)22/h1-9,11,24H,10H2,(H2,23,25,26)/b9-8-. The molecule has 26 heavy (non-hydrogen) atoms. The number of anilines is 1. The van der Waals surface area contributed by atoms with Crippen LogP contribution in [0, 0.1) is 5.82 Å². The molecule has 4 nitrogen and oxygen atoms in total. The summed E-state index contributed by atoms with van der Waals surface area (Å²) in [4.78, 5) is 15.3. The lowest BCUT2D eigenvalue weighted by molar-refractivity contribution is -0.137. The summed E-state index contributed by atoms with van der Waals surface area (Å²) in [7, 11) is 0. The van der Waals surface area contributed by atoms with Gasteiger partial charge in [-0.15, -0.1) is 0 Å². The van der Waals surface area contributed by atoms with Gasteiger partial charge in [0.2, 0.25) is 0 Å². The number of carbonyl (C=O) groups is 1. The third kappa shape index (κ3) is 5.73. The largest absolute Gasteiger partial charge is 0.416 e. The highest BCUT2D eigenvalue weighted by molar-refractivity contribution is 6.00. The fraction of sp³-hybridized carbons (Fsp3) is 0.111. The molecule has 0 aromatic heterocycles. The summed E-state index contributed by atoms with van der Waals surface area (Å²) in [6, 6.07) is 10.4. The van der Waals surface area contributed by atoms with Crippen molar-refractivity contribution in [3.63, 3.8) is 0 Å². The monoisotopic (exact) mass is 365 g/mol. The van der Waals surface area contributed by atoms with Crippen LogP contribution in [0.4, 0.5) is 23.2 Å². The number of hydrogen-bond acceptors (Lipinski definition) is 2. The second-order valence-electron chi connectivity index (χ2n) is 5.25. The van der Waals surface area contributed by atoms with Crippen molar-refractivity contribution < 1.29 is 22.4 Å². The summed E-state index contributed by atoms with van der Waals surface area (Å²) < 4.78 is 51.3. The fourth-order valence-electron chi connectivity index (χ4n) is 2.03. The van der Waals surface area contributed by atoms with Crippen LogP contribution in [0.3, 0.4) is 0 Å². The Morgan fingerprint density at radius 2 is 1.88 bits per heavy atom. The van der Waals surface area contributed by atoms with Crippen molar-refractivity contribution in [3.8, 4) is 0 Å². The average molecular weight is 365 g/mol. The van der Waals surface area contributed by atoms with Gasteiger partial charge in [0.15, 0.2) is 0 Å². The highest BCUT2D eigenvalue weighted by atomic mass is 19.4. The van der Waals surface area contributed by atoms with E-state index in [-0.39, 0.29) is 23.5 Å². The molecule has 2 aromatic carbocycles. The molecule has 0 heterocycles. The molecule has 136 valence electrons. The molecule has 3 N–H and O–H groups in total. The maximum atomic E-state index is 13.5. The molecule has 0 aliphatic heterocycles. The Labute approximate surface area is 147 Å². The quantitative estimate of drug-likeness (QED) is 0.480. The number of hydrogen-bond donors (Lipinski definition) is 2. The van der Waals surface area contributed by atoms with E-state index in [1.807, 2.05) is 0 Å². The normalized spacial score (nSPS) is 12.4. The molecule has 0 fully saturated rings. The number of halogens is 4. The van der Waals surface area contributed by atoms with E-state index in [9.17, 15) is 22.4 Å². The second kappa shape index (κ2) is 8.28. The molecule has 0 bridgehead atoms. The first-order chi connectivity index (χ1) is 12.3. The first kappa shape index (κ1) is 19.2. The van der Waals surface area contributed by atoms with Crippen LogP contribution in [0.5, 0.6) is 0 Å². The average Bonchev–Trinajstić information content (AvgIpc) is 2.56. The van der Waals surface area contributed by atoms with E-state index in [1.54, 1.807) is 6.07 Å². The number of carbonyl (C=O) groups excluding carboxylic acids is 1. The minimum absolute atomic E-state index is 0.161. The molecule has 2 rings (SSSR count). The van der Waals surface area contributed by atoms with Gasteiger partial charge in [-0.25, -0.2) is 4.39 Å². The molecule has 1 amide bonds. The predicted octanol–water partition coefficient (Wildman–Crippen LogP) is 3.90. The first-order valence-corrected chi connectivity index (χ1v) is 7.46. The van der Waals surface area contributed by atoms with Crippen molar-refractivity contribution in [2.24, 2.45) is 10.7 Å². The molecule has 0 aliphatic rings. The zero-order valence-corrected chi connectivity index (χ0v) is 13.4. The van der Waals surface area contributed by atoms with E-state index in [1.165, 1.54) is 42.6 Å². The number of amidine groups is 1. The third-order valence-electron chi connectivity index (χ3n) is 3.25. The van der Waals surface area contributed by atoms with E-state index < -0.39 is 23.5 Å². The summed E-state index contributed by atoms with van der Waals surface area (Å²) in [5.41, 5.74) is 5.15. The lowest BCUT2D eigenvalue weighted by Gasteiger charge is -2.08. The number of aliphatic imine (C=N–C) groups is 1. The van der Waals surface area contributed by atoms with E-state index in [4.69, 9.17) is 5.73 Å². The summed E-state index contributed by atoms with van der Waals surface area (Å²) in [5.74, 6) is -1.32. The van der Waals surface area contributed by atoms with Crippen LogP contribution < -0.4 is 11.1 Å². The summed E-state index contributed by atoms with van der Waals surface area (Å²) >= 11 is 0. The zero-order chi connectivity index (χ0) is 19.2. The number of nitrogens with one attached hydrogen (secondary N) is 1. The van der Waals surface area contributed by atoms with Crippen molar-refractivity contribution in [2.45, 2.75) is 12.6 Å². The lowest BCUT2D eigenvalue weighted by Crippen LogP contribution is -2.13. The highest BCUT2D eigenvalue weighted by Gasteiger charge is 2.30. The van der Waals surface area contributed by atoms with Gasteiger partial charge in [0, 0.05) is 11.9 Å². The van der Waals surface area contributed by atoms with Crippen molar-refractivity contribution in [1.29, 1.82) is 0 Å². The van der Waals surface area contributed by atoms with E-state index in [0.717, 1.165) is 12.1 Å². The maximum absolute atomic E-state index is 13.5. The van der Waals surface area contributed by atoms with Crippen LogP contribution in [0.1, 0.15) is 11.1 Å². The van der Waals surface area contributed by atoms with Crippen LogP contribution in [-0.4, -0.2) is 11.7 Å². The van der Waals surface area contributed by atoms with Crippen LogP contribution in [0.2, 0.25) is 0 Å². The molecule has 0 aliphatic carbocycles. The van der Waals surface area contributed by atoms with Crippen molar-refractivity contribution in [3.05, 3.63) is 77.8 Å². The molecule has 0 spiro atoms. The van der Waals surface area contributed by atoms with Gasteiger partial charge in [0.05, 0.1) is 12.0 Å². The number of amides is 1. The zero-order valence-electron chi connectivity index (χ0n) is 13.4. The highest BCUT2D eigenvalue weighted by Crippen LogP contribution is 2.30. The third-order valence-corrected chi connectivity index (χ3v) is 3.25. The number of nitrogens with zero attached hydrogens (tertiary/aromatic N) is 1. The van der Waals surface area contributed by atoms with Crippen molar-refractivity contribution >= 4 is 17.4 Å².